The lowest BCUT2D eigenvalue weighted by Crippen LogP contribution is -2.36. The smallest absolute Gasteiger partial charge is 0.363 e. The Morgan fingerprint density at radius 1 is 1.23 bits per heavy atom. The van der Waals surface area contributed by atoms with Crippen molar-refractivity contribution in [3.05, 3.63) is 70.0 Å². The highest BCUT2D eigenvalue weighted by atomic mass is 35.5. The third-order valence-corrected chi connectivity index (χ3v) is 4.88. The lowest BCUT2D eigenvalue weighted by Gasteiger charge is -2.32. The SMILES string of the molecule is [C-]#[N+]c1ccc(N(Cc2ccccc2Cl)[C@H]2CCNC2)cc1C(F)(F)F. The van der Waals surface area contributed by atoms with Crippen LogP contribution in [-0.4, -0.2) is 19.1 Å². The highest BCUT2D eigenvalue weighted by molar-refractivity contribution is 6.31. The van der Waals surface area contributed by atoms with Gasteiger partial charge in [-0.2, -0.15) is 13.2 Å². The maximum absolute atomic E-state index is 13.4. The maximum atomic E-state index is 13.4. The van der Waals surface area contributed by atoms with Crippen molar-refractivity contribution in [1.82, 2.24) is 5.32 Å². The summed E-state index contributed by atoms with van der Waals surface area (Å²) < 4.78 is 40.1. The van der Waals surface area contributed by atoms with Gasteiger partial charge in [-0.3, -0.25) is 0 Å². The van der Waals surface area contributed by atoms with Crippen LogP contribution in [0.1, 0.15) is 17.5 Å². The highest BCUT2D eigenvalue weighted by Gasteiger charge is 2.34. The van der Waals surface area contributed by atoms with Crippen molar-refractivity contribution in [2.75, 3.05) is 18.0 Å². The van der Waals surface area contributed by atoms with Crippen LogP contribution in [0.2, 0.25) is 5.02 Å². The van der Waals surface area contributed by atoms with Gasteiger partial charge in [-0.25, -0.2) is 4.85 Å². The van der Waals surface area contributed by atoms with Gasteiger partial charge in [-0.15, -0.1) is 0 Å². The van der Waals surface area contributed by atoms with E-state index < -0.39 is 11.7 Å². The average molecular weight is 380 g/mol. The molecule has 0 aliphatic carbocycles. The molecule has 0 radical (unpaired) electrons. The Kier molecular flexibility index (Phi) is 5.40. The Morgan fingerprint density at radius 3 is 2.62 bits per heavy atom. The summed E-state index contributed by atoms with van der Waals surface area (Å²) in [6, 6.07) is 11.3. The van der Waals surface area contributed by atoms with Gasteiger partial charge in [0.25, 0.3) is 0 Å². The molecule has 1 atom stereocenters. The average Bonchev–Trinajstić information content (AvgIpc) is 3.14. The molecule has 1 saturated heterocycles. The number of benzene rings is 2. The minimum atomic E-state index is -4.57. The van der Waals surface area contributed by atoms with Gasteiger partial charge in [0.05, 0.1) is 12.1 Å². The summed E-state index contributed by atoms with van der Waals surface area (Å²) in [5, 5.41) is 3.83. The molecule has 26 heavy (non-hydrogen) atoms. The van der Waals surface area contributed by atoms with E-state index in [9.17, 15) is 13.2 Å². The first-order valence-electron chi connectivity index (χ1n) is 8.19. The number of hydrogen-bond donors (Lipinski definition) is 1. The van der Waals surface area contributed by atoms with Crippen LogP contribution in [0, 0.1) is 6.57 Å². The van der Waals surface area contributed by atoms with Gasteiger partial charge in [0.1, 0.15) is 0 Å². The largest absolute Gasteiger partial charge is 0.407 e. The normalized spacial score (nSPS) is 17.1. The molecule has 0 unspecified atom stereocenters. The van der Waals surface area contributed by atoms with Crippen LogP contribution in [0.15, 0.2) is 42.5 Å². The molecule has 0 amide bonds. The fourth-order valence-corrected chi connectivity index (χ4v) is 3.37. The molecule has 1 fully saturated rings. The lowest BCUT2D eigenvalue weighted by molar-refractivity contribution is -0.136. The summed E-state index contributed by atoms with van der Waals surface area (Å²) in [7, 11) is 0. The van der Waals surface area contributed by atoms with Crippen molar-refractivity contribution in [1.29, 1.82) is 0 Å². The molecule has 0 aromatic heterocycles. The van der Waals surface area contributed by atoms with E-state index in [2.05, 4.69) is 10.2 Å². The van der Waals surface area contributed by atoms with Crippen molar-refractivity contribution in [3.63, 3.8) is 0 Å². The molecule has 7 heteroatoms. The fraction of sp³-hybridized carbons (Fsp3) is 0.316. The molecule has 3 rings (SSSR count). The quantitative estimate of drug-likeness (QED) is 0.729. The molecule has 1 N–H and O–H groups in total. The Labute approximate surface area is 155 Å². The number of hydrogen-bond acceptors (Lipinski definition) is 2. The molecule has 1 heterocycles. The molecule has 0 spiro atoms. The van der Waals surface area contributed by atoms with Gasteiger partial charge in [0.2, 0.25) is 0 Å². The van der Waals surface area contributed by atoms with Gasteiger partial charge >= 0.3 is 6.18 Å². The van der Waals surface area contributed by atoms with E-state index in [1.54, 1.807) is 12.1 Å². The topological polar surface area (TPSA) is 19.6 Å². The molecule has 0 saturated carbocycles. The molecule has 0 bridgehead atoms. The zero-order chi connectivity index (χ0) is 18.7. The van der Waals surface area contributed by atoms with E-state index in [-0.39, 0.29) is 11.7 Å². The summed E-state index contributed by atoms with van der Waals surface area (Å²) in [5.74, 6) is 0. The van der Waals surface area contributed by atoms with Gasteiger partial charge in [-0.1, -0.05) is 35.9 Å². The second kappa shape index (κ2) is 7.56. The van der Waals surface area contributed by atoms with Crippen molar-refractivity contribution < 1.29 is 13.2 Å². The number of nitrogens with zero attached hydrogens (tertiary/aromatic N) is 2. The second-order valence-electron chi connectivity index (χ2n) is 6.18. The number of halogens is 4. The zero-order valence-electron chi connectivity index (χ0n) is 13.9. The van der Waals surface area contributed by atoms with Crippen LogP contribution in [0.5, 0.6) is 0 Å². The monoisotopic (exact) mass is 379 g/mol. The lowest BCUT2D eigenvalue weighted by atomic mass is 10.1. The van der Waals surface area contributed by atoms with Crippen molar-refractivity contribution >= 4 is 23.0 Å². The number of alkyl halides is 3. The summed E-state index contributed by atoms with van der Waals surface area (Å²) >= 11 is 6.25. The summed E-state index contributed by atoms with van der Waals surface area (Å²) in [6.45, 7) is 8.91. The van der Waals surface area contributed by atoms with Crippen LogP contribution in [-0.2, 0) is 12.7 Å². The van der Waals surface area contributed by atoms with Gasteiger partial charge < -0.3 is 10.2 Å². The molecular weight excluding hydrogens is 363 g/mol. The fourth-order valence-electron chi connectivity index (χ4n) is 3.17. The predicted octanol–water partition coefficient (Wildman–Crippen LogP) is 5.28. The molecule has 136 valence electrons. The molecule has 1 aliphatic heterocycles. The van der Waals surface area contributed by atoms with E-state index >= 15 is 0 Å². The Balaban J connectivity index is 2.02. The maximum Gasteiger partial charge on any atom is 0.407 e. The summed E-state index contributed by atoms with van der Waals surface area (Å²) in [4.78, 5) is 4.95. The highest BCUT2D eigenvalue weighted by Crippen LogP contribution is 2.39. The van der Waals surface area contributed by atoms with Crippen molar-refractivity contribution in [2.45, 2.75) is 25.2 Å². The van der Waals surface area contributed by atoms with E-state index in [0.717, 1.165) is 24.6 Å². The Bertz CT molecular complexity index is 824. The number of rotatable bonds is 4. The Hall–Kier alpha value is -2.23. The first kappa shape index (κ1) is 18.6. The van der Waals surface area contributed by atoms with Crippen LogP contribution in [0.3, 0.4) is 0 Å². The molecule has 2 aromatic rings. The van der Waals surface area contributed by atoms with E-state index in [4.69, 9.17) is 18.2 Å². The molecule has 2 aromatic carbocycles. The first-order chi connectivity index (χ1) is 12.4. The van der Waals surface area contributed by atoms with Crippen LogP contribution >= 0.6 is 11.6 Å². The van der Waals surface area contributed by atoms with E-state index in [1.807, 2.05) is 23.1 Å². The molecular formula is C19H17ClF3N3. The third-order valence-electron chi connectivity index (χ3n) is 4.51. The number of anilines is 1. The molecule has 1 aliphatic rings. The minimum absolute atomic E-state index is 0.0612. The van der Waals surface area contributed by atoms with Gasteiger partial charge in [0.15, 0.2) is 5.69 Å². The first-order valence-corrected chi connectivity index (χ1v) is 8.57. The third kappa shape index (κ3) is 3.95. The summed E-state index contributed by atoms with van der Waals surface area (Å²) in [6.07, 6.45) is -3.74. The standard InChI is InChI=1S/C19H17ClF3N3/c1-24-18-7-6-14(10-16(18)19(21,22)23)26(15-8-9-25-11-15)12-13-4-2-3-5-17(13)20/h2-7,10,15,25H,8-9,11-12H2/t15-/m0/s1. The van der Waals surface area contributed by atoms with Crippen LogP contribution < -0.4 is 10.2 Å². The second-order valence-corrected chi connectivity index (χ2v) is 6.58. The van der Waals surface area contributed by atoms with Gasteiger partial charge in [0, 0.05) is 29.8 Å². The van der Waals surface area contributed by atoms with Crippen LogP contribution in [0.25, 0.3) is 4.85 Å². The van der Waals surface area contributed by atoms with Crippen LogP contribution in [0.4, 0.5) is 24.5 Å². The zero-order valence-corrected chi connectivity index (χ0v) is 14.6. The predicted molar refractivity (Wildman–Crippen MR) is 96.6 cm³/mol. The number of nitrogens with one attached hydrogen (secondary N) is 1. The van der Waals surface area contributed by atoms with Crippen molar-refractivity contribution in [3.8, 4) is 0 Å². The summed E-state index contributed by atoms with van der Waals surface area (Å²) in [5.41, 5.74) is 0.00540. The molecule has 3 nitrogen and oxygen atoms in total. The Morgan fingerprint density at radius 2 is 2.00 bits per heavy atom. The van der Waals surface area contributed by atoms with Crippen molar-refractivity contribution in [2.24, 2.45) is 0 Å². The van der Waals surface area contributed by atoms with E-state index in [0.29, 0.717) is 23.8 Å². The van der Waals surface area contributed by atoms with E-state index in [1.165, 1.54) is 6.07 Å². The van der Waals surface area contributed by atoms with Gasteiger partial charge in [-0.05, 0) is 36.7 Å². The minimum Gasteiger partial charge on any atom is -0.363 e.